The van der Waals surface area contributed by atoms with Gasteiger partial charge in [-0.15, -0.1) is 24.0 Å². The van der Waals surface area contributed by atoms with E-state index in [4.69, 9.17) is 0 Å². The average Bonchev–Trinajstić information content (AvgIpc) is 2.59. The molecule has 1 aliphatic rings. The largest absolute Gasteiger partial charge is 0.393 e. The van der Waals surface area contributed by atoms with E-state index < -0.39 is 4.92 Å². The van der Waals surface area contributed by atoms with E-state index in [1.54, 1.807) is 12.1 Å². The molecule has 8 heteroatoms. The number of hydrogen-bond acceptors (Lipinski definition) is 4. The molecular formula is C18H29IN4O3. The van der Waals surface area contributed by atoms with E-state index in [-0.39, 0.29) is 35.8 Å². The number of nitrogens with one attached hydrogen (secondary N) is 2. The number of non-ortho nitro benzene ring substituents is 1. The van der Waals surface area contributed by atoms with Gasteiger partial charge in [0.05, 0.1) is 17.6 Å². The summed E-state index contributed by atoms with van der Waals surface area (Å²) in [6.45, 7) is 5.55. The molecule has 26 heavy (non-hydrogen) atoms. The lowest BCUT2D eigenvalue weighted by molar-refractivity contribution is -0.384. The average molecular weight is 476 g/mol. The first-order valence-electron chi connectivity index (χ1n) is 8.90. The van der Waals surface area contributed by atoms with Crippen LogP contribution in [0.2, 0.25) is 0 Å². The molecular weight excluding hydrogens is 447 g/mol. The van der Waals surface area contributed by atoms with E-state index in [1.165, 1.54) is 12.1 Å². The molecule has 0 spiro atoms. The molecule has 0 saturated heterocycles. The monoisotopic (exact) mass is 476 g/mol. The summed E-state index contributed by atoms with van der Waals surface area (Å²) in [5.74, 6) is 1.26. The van der Waals surface area contributed by atoms with Crippen molar-refractivity contribution in [1.29, 1.82) is 0 Å². The zero-order chi connectivity index (χ0) is 18.2. The van der Waals surface area contributed by atoms with Crippen molar-refractivity contribution in [2.45, 2.75) is 58.2 Å². The van der Waals surface area contributed by atoms with Crippen LogP contribution in [0.3, 0.4) is 0 Å². The fraction of sp³-hybridized carbons (Fsp3) is 0.611. The number of aliphatic imine (C=N–C) groups is 1. The fourth-order valence-corrected chi connectivity index (χ4v) is 2.76. The summed E-state index contributed by atoms with van der Waals surface area (Å²) >= 11 is 0. The number of halogens is 1. The van der Waals surface area contributed by atoms with Crippen LogP contribution in [-0.2, 0) is 6.54 Å². The third-order valence-corrected chi connectivity index (χ3v) is 4.28. The van der Waals surface area contributed by atoms with Gasteiger partial charge >= 0.3 is 0 Å². The smallest absolute Gasteiger partial charge is 0.269 e. The van der Waals surface area contributed by atoms with E-state index in [2.05, 4.69) is 29.5 Å². The third-order valence-electron chi connectivity index (χ3n) is 4.28. The Morgan fingerprint density at radius 2 is 1.88 bits per heavy atom. The zero-order valence-electron chi connectivity index (χ0n) is 15.4. The fourth-order valence-electron chi connectivity index (χ4n) is 2.76. The minimum atomic E-state index is -0.401. The zero-order valence-corrected chi connectivity index (χ0v) is 17.7. The summed E-state index contributed by atoms with van der Waals surface area (Å²) in [4.78, 5) is 14.9. The van der Waals surface area contributed by atoms with Crippen LogP contribution >= 0.6 is 24.0 Å². The van der Waals surface area contributed by atoms with Crippen molar-refractivity contribution in [2.75, 3.05) is 6.54 Å². The van der Waals surface area contributed by atoms with Crippen LogP contribution in [0.4, 0.5) is 5.69 Å². The van der Waals surface area contributed by atoms with Crippen LogP contribution in [0, 0.1) is 16.0 Å². The summed E-state index contributed by atoms with van der Waals surface area (Å²) in [5.41, 5.74) is 1.01. The van der Waals surface area contributed by atoms with Gasteiger partial charge in [-0.1, -0.05) is 26.0 Å². The number of rotatable bonds is 6. The first kappa shape index (κ1) is 22.6. The number of nitrogens with zero attached hydrogens (tertiary/aromatic N) is 2. The molecule has 0 atom stereocenters. The molecule has 1 aromatic carbocycles. The molecule has 7 nitrogen and oxygen atoms in total. The normalized spacial score (nSPS) is 20.4. The highest BCUT2D eigenvalue weighted by Crippen LogP contribution is 2.18. The predicted octanol–water partition coefficient (Wildman–Crippen LogP) is 3.21. The van der Waals surface area contributed by atoms with E-state index >= 15 is 0 Å². The maximum absolute atomic E-state index is 10.7. The first-order chi connectivity index (χ1) is 11.9. The Kier molecular flexibility index (Phi) is 9.85. The minimum Gasteiger partial charge on any atom is -0.393 e. The molecule has 0 amide bonds. The molecule has 0 aromatic heterocycles. The van der Waals surface area contributed by atoms with Crippen molar-refractivity contribution in [1.82, 2.24) is 10.6 Å². The number of nitro benzene ring substituents is 1. The molecule has 0 bridgehead atoms. The van der Waals surface area contributed by atoms with Crippen molar-refractivity contribution < 1.29 is 10.0 Å². The van der Waals surface area contributed by atoms with Gasteiger partial charge in [-0.05, 0) is 37.2 Å². The first-order valence-corrected chi connectivity index (χ1v) is 8.90. The molecule has 0 aliphatic heterocycles. The minimum absolute atomic E-state index is 0. The van der Waals surface area contributed by atoms with E-state index in [0.29, 0.717) is 18.5 Å². The molecule has 146 valence electrons. The Morgan fingerprint density at radius 1 is 1.27 bits per heavy atom. The van der Waals surface area contributed by atoms with Crippen LogP contribution in [-0.4, -0.2) is 34.7 Å². The molecule has 2 rings (SSSR count). The highest BCUT2D eigenvalue weighted by molar-refractivity contribution is 14.0. The lowest BCUT2D eigenvalue weighted by Crippen LogP contribution is -2.46. The molecule has 3 N–H and O–H groups in total. The quantitative estimate of drug-likeness (QED) is 0.193. The summed E-state index contributed by atoms with van der Waals surface area (Å²) in [6.07, 6.45) is 3.32. The van der Waals surface area contributed by atoms with Crippen LogP contribution in [0.1, 0.15) is 45.1 Å². The molecule has 1 aromatic rings. The Balaban J connectivity index is 0.00000338. The summed E-state index contributed by atoms with van der Waals surface area (Å²) in [7, 11) is 0. The Labute approximate surface area is 171 Å². The van der Waals surface area contributed by atoms with E-state index in [0.717, 1.165) is 43.8 Å². The summed E-state index contributed by atoms with van der Waals surface area (Å²) in [5, 5.41) is 27.1. The van der Waals surface area contributed by atoms with Gasteiger partial charge in [0, 0.05) is 24.7 Å². The molecule has 0 heterocycles. The summed E-state index contributed by atoms with van der Waals surface area (Å²) in [6, 6.07) is 6.79. The second kappa shape index (κ2) is 11.3. The second-order valence-electron chi connectivity index (χ2n) is 7.01. The number of nitro groups is 1. The van der Waals surface area contributed by atoms with Crippen LogP contribution in [0.25, 0.3) is 0 Å². The SMILES string of the molecule is CC(C)CNC(=NCc1ccc([N+](=O)[O-])cc1)NC1CCC(O)CC1.I. The van der Waals surface area contributed by atoms with Gasteiger partial charge in [-0.2, -0.15) is 0 Å². The molecule has 1 aliphatic carbocycles. The van der Waals surface area contributed by atoms with Crippen molar-refractivity contribution in [3.63, 3.8) is 0 Å². The van der Waals surface area contributed by atoms with Crippen molar-refractivity contribution in [2.24, 2.45) is 10.9 Å². The lowest BCUT2D eigenvalue weighted by Gasteiger charge is -2.28. The Hall–Kier alpha value is -1.42. The third kappa shape index (κ3) is 7.86. The highest BCUT2D eigenvalue weighted by atomic mass is 127. The van der Waals surface area contributed by atoms with Crippen molar-refractivity contribution in [3.8, 4) is 0 Å². The molecule has 1 saturated carbocycles. The Bertz CT molecular complexity index is 585. The van der Waals surface area contributed by atoms with Gasteiger partial charge in [0.25, 0.3) is 5.69 Å². The highest BCUT2D eigenvalue weighted by Gasteiger charge is 2.20. The topological polar surface area (TPSA) is 99.8 Å². The van der Waals surface area contributed by atoms with Crippen LogP contribution in [0.15, 0.2) is 29.3 Å². The number of guanidine groups is 1. The number of hydrogen-bond donors (Lipinski definition) is 3. The maximum atomic E-state index is 10.7. The van der Waals surface area contributed by atoms with Crippen LogP contribution in [0.5, 0.6) is 0 Å². The van der Waals surface area contributed by atoms with Crippen molar-refractivity contribution >= 4 is 35.6 Å². The summed E-state index contributed by atoms with van der Waals surface area (Å²) < 4.78 is 0. The number of aliphatic hydroxyl groups excluding tert-OH is 1. The maximum Gasteiger partial charge on any atom is 0.269 e. The van der Waals surface area contributed by atoms with Crippen LogP contribution < -0.4 is 10.6 Å². The van der Waals surface area contributed by atoms with E-state index in [1.807, 2.05) is 0 Å². The van der Waals surface area contributed by atoms with E-state index in [9.17, 15) is 15.2 Å². The second-order valence-corrected chi connectivity index (χ2v) is 7.01. The molecule has 0 unspecified atom stereocenters. The lowest BCUT2D eigenvalue weighted by atomic mass is 9.93. The van der Waals surface area contributed by atoms with Gasteiger partial charge in [-0.25, -0.2) is 4.99 Å². The standard InChI is InChI=1S/C18H28N4O3.HI/c1-13(2)11-19-18(21-15-5-9-17(23)10-6-15)20-12-14-3-7-16(8-4-14)22(24)25;/h3-4,7-8,13,15,17,23H,5-6,9-12H2,1-2H3,(H2,19,20,21);1H. The Morgan fingerprint density at radius 3 is 2.42 bits per heavy atom. The molecule has 1 fully saturated rings. The molecule has 0 radical (unpaired) electrons. The van der Waals surface area contributed by atoms with Gasteiger partial charge in [0.1, 0.15) is 0 Å². The van der Waals surface area contributed by atoms with Gasteiger partial charge in [0.15, 0.2) is 5.96 Å². The van der Waals surface area contributed by atoms with Crippen molar-refractivity contribution in [3.05, 3.63) is 39.9 Å². The van der Waals surface area contributed by atoms with Gasteiger partial charge < -0.3 is 15.7 Å². The van der Waals surface area contributed by atoms with Gasteiger partial charge in [-0.3, -0.25) is 10.1 Å². The number of aliphatic hydroxyl groups is 1. The predicted molar refractivity (Wildman–Crippen MR) is 114 cm³/mol. The van der Waals surface area contributed by atoms with Gasteiger partial charge in [0.2, 0.25) is 0 Å². The number of benzene rings is 1.